The zero-order valence-corrected chi connectivity index (χ0v) is 10.8. The third-order valence-electron chi connectivity index (χ3n) is 1.65. The van der Waals surface area contributed by atoms with Crippen molar-refractivity contribution in [2.45, 2.75) is 0 Å². The lowest BCUT2D eigenvalue weighted by Crippen LogP contribution is -2.25. The molecule has 2 aromatic rings. The molecule has 0 aromatic carbocycles. The van der Waals surface area contributed by atoms with Crippen molar-refractivity contribution in [3.8, 4) is 12.0 Å². The van der Waals surface area contributed by atoms with Crippen molar-refractivity contribution in [1.29, 1.82) is 0 Å². The Morgan fingerprint density at radius 3 is 1.63 bits per heavy atom. The van der Waals surface area contributed by atoms with Crippen molar-refractivity contribution < 1.29 is 25.2 Å². The Hall–Kier alpha value is -2.08. The first-order valence-electron chi connectivity index (χ1n) is 4.69. The number of hydrogen-bond acceptors (Lipinski definition) is 8. The van der Waals surface area contributed by atoms with E-state index in [1.807, 2.05) is 0 Å². The summed E-state index contributed by atoms with van der Waals surface area (Å²) in [7, 11) is -8.83. The summed E-state index contributed by atoms with van der Waals surface area (Å²) in [4.78, 5) is 11.7. The van der Waals surface area contributed by atoms with Crippen LogP contribution >= 0.6 is 0 Å². The van der Waals surface area contributed by atoms with Gasteiger partial charge in [-0.1, -0.05) is 0 Å². The van der Waals surface area contributed by atoms with Gasteiger partial charge in [0.25, 0.3) is 0 Å². The van der Waals surface area contributed by atoms with E-state index in [4.69, 9.17) is 0 Å². The smallest absolute Gasteiger partial charge is 0.330 e. The van der Waals surface area contributed by atoms with Crippen LogP contribution in [0.1, 0.15) is 0 Å². The van der Waals surface area contributed by atoms with E-state index in [0.717, 1.165) is 0 Å². The van der Waals surface area contributed by atoms with Crippen LogP contribution in [0, 0.1) is 0 Å². The molecule has 0 spiro atoms. The van der Waals surface area contributed by atoms with Crippen molar-refractivity contribution in [2.24, 2.45) is 0 Å². The molecule has 2 aromatic heterocycles. The number of hydrogen-bond donors (Lipinski definition) is 2. The summed E-state index contributed by atoms with van der Waals surface area (Å²) in [6.07, 6.45) is 5.13. The molecule has 0 fully saturated rings. The van der Waals surface area contributed by atoms with E-state index in [1.165, 1.54) is 24.8 Å². The second-order valence-corrected chi connectivity index (χ2v) is 6.70. The highest BCUT2D eigenvalue weighted by molar-refractivity contribution is 8.04. The van der Waals surface area contributed by atoms with Crippen LogP contribution in [0.15, 0.2) is 24.8 Å². The summed E-state index contributed by atoms with van der Waals surface area (Å²) in [5, 5.41) is -1.37. The molecule has 12 heteroatoms. The summed E-state index contributed by atoms with van der Waals surface area (Å²) < 4.78 is 54.7. The molecule has 0 radical (unpaired) electrons. The van der Waals surface area contributed by atoms with Gasteiger partial charge in [0.1, 0.15) is 0 Å². The molecule has 0 aliphatic carbocycles. The van der Waals surface area contributed by atoms with Gasteiger partial charge in [-0.05, 0) is 0 Å². The first-order valence-corrected chi connectivity index (χ1v) is 7.85. The molecule has 2 N–H and O–H groups in total. The number of aromatic amines is 2. The van der Waals surface area contributed by atoms with Crippen molar-refractivity contribution >= 4 is 20.2 Å². The van der Waals surface area contributed by atoms with Gasteiger partial charge in [-0.25, -0.2) is 9.97 Å². The van der Waals surface area contributed by atoms with Gasteiger partial charge in [-0.15, -0.1) is 0 Å². The second-order valence-electron chi connectivity index (χ2n) is 3.19. The molecule has 0 unspecified atom stereocenters. The monoisotopic (exact) mass is 308 g/mol. The van der Waals surface area contributed by atoms with Crippen LogP contribution in [0.25, 0.3) is 0 Å². The summed E-state index contributed by atoms with van der Waals surface area (Å²) in [5.74, 6) is 0. The van der Waals surface area contributed by atoms with Crippen LogP contribution < -0.4 is 8.37 Å². The number of nitrogens with zero attached hydrogens (tertiary/aromatic N) is 2. The quantitative estimate of drug-likeness (QED) is 0.660. The largest absolute Gasteiger partial charge is 0.344 e. The maximum atomic E-state index is 11.5. The fourth-order valence-corrected chi connectivity index (χ4v) is 3.52. The Bertz CT molecular complexity index is 654. The van der Waals surface area contributed by atoms with E-state index in [0.29, 0.717) is 0 Å². The Balaban J connectivity index is 2.07. The van der Waals surface area contributed by atoms with Crippen LogP contribution in [0.2, 0.25) is 0 Å². The van der Waals surface area contributed by atoms with E-state index < -0.39 is 25.3 Å². The predicted octanol–water partition coefficient (Wildman–Crippen LogP) is -0.792. The number of nitrogens with one attached hydrogen (secondary N) is 2. The maximum absolute atomic E-state index is 11.5. The van der Waals surface area contributed by atoms with Crippen molar-refractivity contribution in [3.63, 3.8) is 0 Å². The van der Waals surface area contributed by atoms with Gasteiger partial charge in [0.05, 0.1) is 0 Å². The zero-order valence-electron chi connectivity index (χ0n) is 9.18. The van der Waals surface area contributed by atoms with Gasteiger partial charge < -0.3 is 18.3 Å². The predicted molar refractivity (Wildman–Crippen MR) is 61.1 cm³/mol. The summed E-state index contributed by atoms with van der Waals surface area (Å²) in [6.45, 7) is 0. The number of imidazole rings is 2. The highest BCUT2D eigenvalue weighted by Gasteiger charge is 2.27. The fourth-order valence-electron chi connectivity index (χ4n) is 1.06. The molecule has 2 heterocycles. The number of rotatable bonds is 6. The molecule has 10 nitrogen and oxygen atoms in total. The van der Waals surface area contributed by atoms with E-state index >= 15 is 0 Å². The lowest BCUT2D eigenvalue weighted by Gasteiger charge is -2.05. The lowest BCUT2D eigenvalue weighted by molar-refractivity contribution is 0.457. The molecule has 2 rings (SSSR count). The second kappa shape index (κ2) is 4.89. The maximum Gasteiger partial charge on any atom is 0.330 e. The Labute approximate surface area is 108 Å². The third-order valence-corrected chi connectivity index (χ3v) is 4.78. The van der Waals surface area contributed by atoms with E-state index in [1.54, 1.807) is 0 Å². The minimum atomic E-state index is -4.41. The van der Waals surface area contributed by atoms with Gasteiger partial charge >= 0.3 is 32.3 Å². The highest BCUT2D eigenvalue weighted by atomic mass is 32.3. The molecule has 0 saturated carbocycles. The van der Waals surface area contributed by atoms with Gasteiger partial charge in [0.2, 0.25) is 5.08 Å². The Morgan fingerprint density at radius 1 is 0.895 bits per heavy atom. The standard InChI is InChI=1S/C7H8N4O6S2/c12-18(13,16-6-8-1-2-9-6)5-19(14,15)17-7-10-3-4-11-7/h1-4H,5H2,(H,8,9)(H,10,11). The Morgan fingerprint density at radius 2 is 1.32 bits per heavy atom. The topological polar surface area (TPSA) is 144 Å². The third kappa shape index (κ3) is 3.96. The molecule has 0 amide bonds. The zero-order chi connectivity index (χ0) is 13.9. The van der Waals surface area contributed by atoms with Crippen LogP contribution in [-0.2, 0) is 20.2 Å². The minimum absolute atomic E-state index is 0.340. The first kappa shape index (κ1) is 13.4. The van der Waals surface area contributed by atoms with E-state index in [-0.39, 0.29) is 12.0 Å². The molecule has 0 saturated heterocycles. The van der Waals surface area contributed by atoms with Crippen LogP contribution in [0.4, 0.5) is 0 Å². The van der Waals surface area contributed by atoms with E-state index in [2.05, 4.69) is 28.3 Å². The van der Waals surface area contributed by atoms with E-state index in [9.17, 15) is 16.8 Å². The highest BCUT2D eigenvalue weighted by Crippen LogP contribution is 2.10. The van der Waals surface area contributed by atoms with Gasteiger partial charge in [0.15, 0.2) is 0 Å². The van der Waals surface area contributed by atoms with Crippen molar-refractivity contribution in [2.75, 3.05) is 5.08 Å². The number of aromatic nitrogens is 4. The van der Waals surface area contributed by atoms with Crippen molar-refractivity contribution in [1.82, 2.24) is 19.9 Å². The molecule has 0 aliphatic heterocycles. The Kier molecular flexibility index (Phi) is 3.44. The minimum Gasteiger partial charge on any atom is -0.344 e. The summed E-state index contributed by atoms with van der Waals surface area (Å²) >= 11 is 0. The molecule has 104 valence electrons. The fraction of sp³-hybridized carbons (Fsp3) is 0.143. The normalized spacial score (nSPS) is 12.2. The summed E-state index contributed by atoms with van der Waals surface area (Å²) in [5.41, 5.74) is 0. The average molecular weight is 308 g/mol. The number of H-pyrrole nitrogens is 2. The average Bonchev–Trinajstić information content (AvgIpc) is 2.87. The van der Waals surface area contributed by atoms with Crippen LogP contribution in [-0.4, -0.2) is 41.9 Å². The molecular weight excluding hydrogens is 300 g/mol. The summed E-state index contributed by atoms with van der Waals surface area (Å²) in [6, 6.07) is -0.679. The van der Waals surface area contributed by atoms with Gasteiger partial charge in [0, 0.05) is 24.8 Å². The van der Waals surface area contributed by atoms with Crippen LogP contribution in [0.3, 0.4) is 0 Å². The molecular formula is C7H8N4O6S2. The molecule has 19 heavy (non-hydrogen) atoms. The lowest BCUT2D eigenvalue weighted by atomic mass is 11.0. The van der Waals surface area contributed by atoms with Gasteiger partial charge in [-0.3, -0.25) is 0 Å². The van der Waals surface area contributed by atoms with Crippen molar-refractivity contribution in [3.05, 3.63) is 24.8 Å². The molecule has 0 atom stereocenters. The SMILES string of the molecule is O=S(=O)(CS(=O)(=O)Oc1ncc[nH]1)Oc1ncc[nH]1. The first-order chi connectivity index (χ1) is 8.86. The van der Waals surface area contributed by atoms with Crippen LogP contribution in [0.5, 0.6) is 12.0 Å². The van der Waals surface area contributed by atoms with Gasteiger partial charge in [-0.2, -0.15) is 16.8 Å². The molecule has 0 bridgehead atoms. The molecule has 0 aliphatic rings.